The molecule has 0 saturated carbocycles. The summed E-state index contributed by atoms with van der Waals surface area (Å²) in [6.45, 7) is 9.93. The Morgan fingerprint density at radius 3 is 2.87 bits per heavy atom. The van der Waals surface area contributed by atoms with Crippen LogP contribution < -0.4 is 4.90 Å². The lowest BCUT2D eigenvalue weighted by Gasteiger charge is -2.27. The Morgan fingerprint density at radius 2 is 2.09 bits per heavy atom. The lowest BCUT2D eigenvalue weighted by Crippen LogP contribution is -2.30. The highest BCUT2D eigenvalue weighted by atomic mass is 16.4. The molecule has 0 radical (unpaired) electrons. The summed E-state index contributed by atoms with van der Waals surface area (Å²) in [6, 6.07) is 2.06. The van der Waals surface area contributed by atoms with E-state index in [1.807, 2.05) is 6.92 Å². The number of fused-ring (bicyclic) bond motifs is 2. The first kappa shape index (κ1) is 14.2. The van der Waals surface area contributed by atoms with E-state index < -0.39 is 0 Å². The fourth-order valence-electron chi connectivity index (χ4n) is 2.89. The summed E-state index contributed by atoms with van der Waals surface area (Å²) < 4.78 is 7.69. The van der Waals surface area contributed by atoms with Crippen molar-refractivity contribution in [2.24, 2.45) is 0 Å². The molecular weight excluding hydrogens is 292 g/mol. The fraction of sp³-hybridized carbons (Fsp3) is 0.500. The molecule has 0 aliphatic carbocycles. The van der Waals surface area contributed by atoms with Crippen molar-refractivity contribution in [1.29, 1.82) is 0 Å². The minimum atomic E-state index is -0.0737. The first-order valence-electron chi connectivity index (χ1n) is 7.83. The van der Waals surface area contributed by atoms with Crippen LogP contribution in [0.15, 0.2) is 16.8 Å². The number of aryl methyl sites for hydroxylation is 1. The number of aromatic nitrogens is 5. The number of anilines is 1. The van der Waals surface area contributed by atoms with Gasteiger partial charge >= 0.3 is 0 Å². The summed E-state index contributed by atoms with van der Waals surface area (Å²) in [4.78, 5) is 6.99. The third-order valence-corrected chi connectivity index (χ3v) is 4.08. The molecular formula is C16H20N6O. The summed E-state index contributed by atoms with van der Waals surface area (Å²) in [7, 11) is 0. The van der Waals surface area contributed by atoms with E-state index in [0.717, 1.165) is 53.9 Å². The summed E-state index contributed by atoms with van der Waals surface area (Å²) >= 11 is 0. The second-order valence-corrected chi connectivity index (χ2v) is 7.08. The average molecular weight is 312 g/mol. The van der Waals surface area contributed by atoms with Crippen molar-refractivity contribution < 1.29 is 4.42 Å². The zero-order valence-electron chi connectivity index (χ0n) is 13.9. The normalized spacial score (nSPS) is 15.2. The molecule has 23 heavy (non-hydrogen) atoms. The van der Waals surface area contributed by atoms with Crippen LogP contribution in [-0.4, -0.2) is 31.3 Å². The molecule has 1 aliphatic rings. The number of rotatable bonds is 1. The Hall–Kier alpha value is -2.44. The van der Waals surface area contributed by atoms with Crippen LogP contribution >= 0.6 is 0 Å². The predicted molar refractivity (Wildman–Crippen MR) is 85.5 cm³/mol. The lowest BCUT2D eigenvalue weighted by molar-refractivity contribution is 0.370. The third kappa shape index (κ3) is 2.36. The van der Waals surface area contributed by atoms with E-state index in [1.165, 1.54) is 0 Å². The van der Waals surface area contributed by atoms with Crippen LogP contribution in [0.5, 0.6) is 0 Å². The van der Waals surface area contributed by atoms with E-state index in [0.29, 0.717) is 0 Å². The molecule has 7 nitrogen and oxygen atoms in total. The maximum Gasteiger partial charge on any atom is 0.200 e. The highest BCUT2D eigenvalue weighted by molar-refractivity contribution is 5.68. The van der Waals surface area contributed by atoms with Crippen molar-refractivity contribution in [1.82, 2.24) is 24.8 Å². The number of oxazole rings is 1. The number of nitrogens with zero attached hydrogens (tertiary/aromatic N) is 6. The molecule has 7 heteroatoms. The van der Waals surface area contributed by atoms with Gasteiger partial charge in [-0.25, -0.2) is 4.98 Å². The largest absolute Gasteiger partial charge is 0.445 e. The van der Waals surface area contributed by atoms with Crippen molar-refractivity contribution in [3.63, 3.8) is 0 Å². The minimum absolute atomic E-state index is 0.0737. The van der Waals surface area contributed by atoms with E-state index in [-0.39, 0.29) is 5.41 Å². The molecule has 4 heterocycles. The van der Waals surface area contributed by atoms with Crippen molar-refractivity contribution in [3.8, 4) is 0 Å². The smallest absolute Gasteiger partial charge is 0.200 e. The Balaban J connectivity index is 1.72. The number of hydrogen-bond donors (Lipinski definition) is 0. The second kappa shape index (κ2) is 4.78. The molecule has 1 aliphatic heterocycles. The molecule has 0 aromatic carbocycles. The summed E-state index contributed by atoms with van der Waals surface area (Å²) in [5, 5.41) is 12.6. The Morgan fingerprint density at radius 1 is 1.26 bits per heavy atom. The van der Waals surface area contributed by atoms with Gasteiger partial charge in [-0.2, -0.15) is 9.61 Å². The zero-order chi connectivity index (χ0) is 16.2. The van der Waals surface area contributed by atoms with Crippen LogP contribution in [0.3, 0.4) is 0 Å². The Kier molecular flexibility index (Phi) is 2.94. The quantitative estimate of drug-likeness (QED) is 0.686. The first-order chi connectivity index (χ1) is 10.9. The average Bonchev–Trinajstić information content (AvgIpc) is 3.10. The van der Waals surface area contributed by atoms with Gasteiger partial charge in [0.05, 0.1) is 17.9 Å². The maximum atomic E-state index is 5.97. The lowest BCUT2D eigenvalue weighted by atomic mass is 9.97. The molecule has 0 spiro atoms. The van der Waals surface area contributed by atoms with E-state index in [1.54, 1.807) is 10.8 Å². The van der Waals surface area contributed by atoms with Gasteiger partial charge in [0, 0.05) is 18.4 Å². The van der Waals surface area contributed by atoms with E-state index >= 15 is 0 Å². The summed E-state index contributed by atoms with van der Waals surface area (Å²) in [6.07, 6.45) is 2.48. The third-order valence-electron chi connectivity index (χ3n) is 4.08. The van der Waals surface area contributed by atoms with Gasteiger partial charge in [-0.05, 0) is 13.0 Å². The van der Waals surface area contributed by atoms with E-state index in [4.69, 9.17) is 9.40 Å². The van der Waals surface area contributed by atoms with Gasteiger partial charge in [0.15, 0.2) is 5.89 Å². The maximum absolute atomic E-state index is 5.97. The molecule has 4 rings (SSSR count). The van der Waals surface area contributed by atoms with Crippen LogP contribution in [0.1, 0.15) is 43.8 Å². The van der Waals surface area contributed by atoms with E-state index in [2.05, 4.69) is 47.0 Å². The van der Waals surface area contributed by atoms with Crippen molar-refractivity contribution in [3.05, 3.63) is 35.4 Å². The van der Waals surface area contributed by atoms with Gasteiger partial charge in [0.2, 0.25) is 5.65 Å². The molecule has 0 unspecified atom stereocenters. The highest BCUT2D eigenvalue weighted by Crippen LogP contribution is 2.30. The van der Waals surface area contributed by atoms with Gasteiger partial charge in [0.25, 0.3) is 0 Å². The molecule has 0 bridgehead atoms. The van der Waals surface area contributed by atoms with Crippen LogP contribution in [0.2, 0.25) is 0 Å². The Bertz CT molecular complexity index is 872. The topological polar surface area (TPSA) is 72.4 Å². The van der Waals surface area contributed by atoms with Crippen LogP contribution in [0, 0.1) is 6.92 Å². The molecule has 3 aromatic rings. The van der Waals surface area contributed by atoms with Gasteiger partial charge in [0.1, 0.15) is 17.8 Å². The molecule has 0 atom stereocenters. The molecule has 3 aromatic heterocycles. The zero-order valence-corrected chi connectivity index (χ0v) is 13.9. The van der Waals surface area contributed by atoms with Crippen molar-refractivity contribution in [2.45, 2.75) is 46.1 Å². The molecule has 0 saturated heterocycles. The van der Waals surface area contributed by atoms with Crippen LogP contribution in [-0.2, 0) is 18.4 Å². The van der Waals surface area contributed by atoms with Crippen LogP contribution in [0.4, 0.5) is 5.69 Å². The standard InChI is InChI=1S/C16H20N6O/c1-10-7-12(14-19-17-9-22(14)20-10)21-6-5-13-11(8-21)18-15(23-13)16(2,3)4/h7,9H,5-6,8H2,1-4H3. The van der Waals surface area contributed by atoms with Gasteiger partial charge in [-0.1, -0.05) is 20.8 Å². The van der Waals surface area contributed by atoms with Crippen LogP contribution in [0.25, 0.3) is 5.65 Å². The summed E-state index contributed by atoms with van der Waals surface area (Å²) in [5.41, 5.74) is 3.71. The molecule has 0 fully saturated rings. The minimum Gasteiger partial charge on any atom is -0.445 e. The van der Waals surface area contributed by atoms with Gasteiger partial charge < -0.3 is 9.32 Å². The molecule has 0 amide bonds. The fourth-order valence-corrected chi connectivity index (χ4v) is 2.89. The van der Waals surface area contributed by atoms with Crippen molar-refractivity contribution in [2.75, 3.05) is 11.4 Å². The predicted octanol–water partition coefficient (Wildman–Crippen LogP) is 2.28. The highest BCUT2D eigenvalue weighted by Gasteiger charge is 2.28. The first-order valence-corrected chi connectivity index (χ1v) is 7.83. The Labute approximate surface area is 134 Å². The SMILES string of the molecule is Cc1cc(N2CCc3oc(C(C)(C)C)nc3C2)c2nncn2n1. The van der Waals surface area contributed by atoms with Gasteiger partial charge in [-0.3, -0.25) is 0 Å². The van der Waals surface area contributed by atoms with Gasteiger partial charge in [-0.15, -0.1) is 10.2 Å². The molecule has 0 N–H and O–H groups in total. The number of hydrogen-bond acceptors (Lipinski definition) is 6. The second-order valence-electron chi connectivity index (χ2n) is 7.08. The van der Waals surface area contributed by atoms with Crippen molar-refractivity contribution >= 4 is 11.3 Å². The molecule has 120 valence electrons. The summed E-state index contributed by atoms with van der Waals surface area (Å²) in [5.74, 6) is 1.82. The monoisotopic (exact) mass is 312 g/mol. The van der Waals surface area contributed by atoms with E-state index in [9.17, 15) is 0 Å².